The van der Waals surface area contributed by atoms with Crippen LogP contribution in [0.5, 0.6) is 5.75 Å². The van der Waals surface area contributed by atoms with Crippen molar-refractivity contribution in [3.8, 4) is 5.75 Å². The van der Waals surface area contributed by atoms with Crippen molar-refractivity contribution in [3.63, 3.8) is 0 Å². The average Bonchev–Trinajstić information content (AvgIpc) is 3.07. The third kappa shape index (κ3) is 3.07. The number of aliphatic imine (C=N–C) groups is 1. The van der Waals surface area contributed by atoms with Gasteiger partial charge in [0.05, 0.1) is 17.3 Å². The molecule has 0 spiro atoms. The van der Waals surface area contributed by atoms with E-state index in [0.29, 0.717) is 18.2 Å². The summed E-state index contributed by atoms with van der Waals surface area (Å²) in [5, 5.41) is 2.81. The largest absolute Gasteiger partial charge is 0.494 e. The van der Waals surface area contributed by atoms with Gasteiger partial charge in [0.25, 0.3) is 0 Å². The first-order valence-corrected chi connectivity index (χ1v) is 7.71. The van der Waals surface area contributed by atoms with Gasteiger partial charge in [-0.25, -0.2) is 14.8 Å². The Bertz CT molecular complexity index is 760. The van der Waals surface area contributed by atoms with E-state index in [1.54, 1.807) is 6.08 Å². The Kier molecular flexibility index (Phi) is 4.02. The zero-order chi connectivity index (χ0) is 15.5. The van der Waals surface area contributed by atoms with Gasteiger partial charge in [-0.2, -0.15) is 0 Å². The third-order valence-electron chi connectivity index (χ3n) is 2.95. The molecule has 2 aromatic rings. The van der Waals surface area contributed by atoms with Crippen LogP contribution in [0.1, 0.15) is 23.2 Å². The quantitative estimate of drug-likeness (QED) is 0.642. The fourth-order valence-electron chi connectivity index (χ4n) is 1.98. The number of esters is 1. The van der Waals surface area contributed by atoms with Gasteiger partial charge in [-0.05, 0) is 44.2 Å². The molecule has 5 nitrogen and oxygen atoms in total. The molecule has 1 aromatic carbocycles. The molecule has 0 fully saturated rings. The summed E-state index contributed by atoms with van der Waals surface area (Å²) < 4.78 is 10.6. The molecule has 1 aromatic heterocycles. The van der Waals surface area contributed by atoms with Crippen molar-refractivity contribution in [1.82, 2.24) is 4.98 Å². The second kappa shape index (κ2) is 6.11. The minimum absolute atomic E-state index is 0.259. The van der Waals surface area contributed by atoms with E-state index in [0.717, 1.165) is 16.3 Å². The highest BCUT2D eigenvalue weighted by atomic mass is 32.1. The lowest BCUT2D eigenvalue weighted by molar-refractivity contribution is -0.129. The van der Waals surface area contributed by atoms with Gasteiger partial charge in [-0.3, -0.25) is 0 Å². The maximum Gasteiger partial charge on any atom is 0.363 e. The molecular formula is C16H14N2O3S. The normalized spacial score (nSPS) is 15.8. The Hall–Kier alpha value is -2.47. The predicted octanol–water partition coefficient (Wildman–Crippen LogP) is 3.19. The molecule has 0 saturated carbocycles. The minimum Gasteiger partial charge on any atom is -0.494 e. The van der Waals surface area contributed by atoms with E-state index in [-0.39, 0.29) is 5.70 Å². The molecule has 0 N–H and O–H groups in total. The van der Waals surface area contributed by atoms with Crippen LogP contribution in [0.25, 0.3) is 6.08 Å². The van der Waals surface area contributed by atoms with E-state index < -0.39 is 5.97 Å². The summed E-state index contributed by atoms with van der Waals surface area (Å²) in [6.07, 6.45) is 1.63. The van der Waals surface area contributed by atoms with Gasteiger partial charge in [-0.1, -0.05) is 0 Å². The molecule has 2 heterocycles. The van der Waals surface area contributed by atoms with Crippen LogP contribution >= 0.6 is 11.3 Å². The molecule has 22 heavy (non-hydrogen) atoms. The highest BCUT2D eigenvalue weighted by Gasteiger charge is 2.24. The summed E-state index contributed by atoms with van der Waals surface area (Å²) in [6, 6.07) is 7.27. The number of hydrogen-bond donors (Lipinski definition) is 0. The third-order valence-corrected chi connectivity index (χ3v) is 3.75. The van der Waals surface area contributed by atoms with E-state index in [2.05, 4.69) is 9.98 Å². The van der Waals surface area contributed by atoms with Gasteiger partial charge in [0.2, 0.25) is 5.90 Å². The molecule has 3 rings (SSSR count). The molecular weight excluding hydrogens is 300 g/mol. The fraction of sp³-hybridized carbons (Fsp3) is 0.188. The van der Waals surface area contributed by atoms with Crippen molar-refractivity contribution >= 4 is 29.3 Å². The Morgan fingerprint density at radius 1 is 1.32 bits per heavy atom. The van der Waals surface area contributed by atoms with Gasteiger partial charge >= 0.3 is 5.97 Å². The van der Waals surface area contributed by atoms with Crippen molar-refractivity contribution in [3.05, 3.63) is 51.6 Å². The molecule has 0 atom stereocenters. The van der Waals surface area contributed by atoms with E-state index >= 15 is 0 Å². The summed E-state index contributed by atoms with van der Waals surface area (Å²) in [7, 11) is 0. The first kappa shape index (κ1) is 14.5. The average molecular weight is 314 g/mol. The topological polar surface area (TPSA) is 60.8 Å². The van der Waals surface area contributed by atoms with Crippen molar-refractivity contribution in [2.45, 2.75) is 13.8 Å². The second-order valence-electron chi connectivity index (χ2n) is 4.58. The van der Waals surface area contributed by atoms with E-state index in [1.165, 1.54) is 11.3 Å². The number of carbonyl (C=O) groups is 1. The maximum atomic E-state index is 11.9. The lowest BCUT2D eigenvalue weighted by Gasteiger charge is -2.03. The van der Waals surface area contributed by atoms with Crippen molar-refractivity contribution in [2.24, 2.45) is 4.99 Å². The molecule has 1 aliphatic rings. The molecule has 0 unspecified atom stereocenters. The standard InChI is InChI=1S/C16H14N2O3S/c1-3-20-13-6-4-11(5-7-13)15-18-14(16(19)21-15)8-12-9-22-10(2)17-12/h4-9H,3H2,1-2H3. The number of benzene rings is 1. The van der Waals surface area contributed by atoms with Gasteiger partial charge in [0.15, 0.2) is 5.70 Å². The first-order chi connectivity index (χ1) is 10.7. The SMILES string of the molecule is CCOc1ccc(C2=NC(=Cc3csc(C)n3)C(=O)O2)cc1. The van der Waals surface area contributed by atoms with E-state index in [4.69, 9.17) is 9.47 Å². The van der Waals surface area contributed by atoms with Crippen LogP contribution in [-0.4, -0.2) is 23.5 Å². The number of hydrogen-bond acceptors (Lipinski definition) is 6. The van der Waals surface area contributed by atoms with Crippen LogP contribution in [0.15, 0.2) is 40.3 Å². The summed E-state index contributed by atoms with van der Waals surface area (Å²) in [6.45, 7) is 4.44. The monoisotopic (exact) mass is 314 g/mol. The van der Waals surface area contributed by atoms with Crippen molar-refractivity contribution in [1.29, 1.82) is 0 Å². The van der Waals surface area contributed by atoms with Gasteiger partial charge in [0, 0.05) is 10.9 Å². The highest BCUT2D eigenvalue weighted by Crippen LogP contribution is 2.21. The van der Waals surface area contributed by atoms with Gasteiger partial charge < -0.3 is 9.47 Å². The summed E-state index contributed by atoms with van der Waals surface area (Å²) in [5.41, 5.74) is 1.70. The van der Waals surface area contributed by atoms with Crippen LogP contribution in [0.4, 0.5) is 0 Å². The molecule has 112 valence electrons. The minimum atomic E-state index is -0.463. The van der Waals surface area contributed by atoms with Crippen molar-refractivity contribution in [2.75, 3.05) is 6.61 Å². The number of ether oxygens (including phenoxy) is 2. The number of thiazole rings is 1. The van der Waals surface area contributed by atoms with Crippen molar-refractivity contribution < 1.29 is 14.3 Å². The molecule has 0 amide bonds. The number of cyclic esters (lactones) is 1. The molecule has 0 aliphatic carbocycles. The molecule has 0 saturated heterocycles. The molecule has 6 heteroatoms. The van der Waals surface area contributed by atoms with Crippen LogP contribution in [0, 0.1) is 6.92 Å². The van der Waals surface area contributed by atoms with E-state index in [1.807, 2.05) is 43.5 Å². The van der Waals surface area contributed by atoms with Gasteiger partial charge in [0.1, 0.15) is 5.75 Å². The zero-order valence-electron chi connectivity index (χ0n) is 12.2. The molecule has 0 radical (unpaired) electrons. The number of aryl methyl sites for hydroxylation is 1. The summed E-state index contributed by atoms with van der Waals surface area (Å²) in [4.78, 5) is 20.4. The number of aromatic nitrogens is 1. The Balaban J connectivity index is 1.84. The van der Waals surface area contributed by atoms with Crippen LogP contribution in [0.3, 0.4) is 0 Å². The first-order valence-electron chi connectivity index (χ1n) is 6.83. The summed E-state index contributed by atoms with van der Waals surface area (Å²) in [5.74, 6) is 0.602. The number of rotatable bonds is 4. The fourth-order valence-corrected chi connectivity index (χ4v) is 2.55. The van der Waals surface area contributed by atoms with Crippen LogP contribution < -0.4 is 4.74 Å². The molecule has 1 aliphatic heterocycles. The predicted molar refractivity (Wildman–Crippen MR) is 85.1 cm³/mol. The zero-order valence-corrected chi connectivity index (χ0v) is 13.0. The lowest BCUT2D eigenvalue weighted by atomic mass is 10.2. The molecule has 0 bridgehead atoms. The number of nitrogens with zero attached hydrogens (tertiary/aromatic N) is 2. The van der Waals surface area contributed by atoms with Gasteiger partial charge in [-0.15, -0.1) is 11.3 Å². The van der Waals surface area contributed by atoms with Crippen LogP contribution in [-0.2, 0) is 9.53 Å². The maximum absolute atomic E-state index is 11.9. The number of carbonyl (C=O) groups excluding carboxylic acids is 1. The second-order valence-corrected chi connectivity index (χ2v) is 5.65. The Morgan fingerprint density at radius 2 is 2.09 bits per heavy atom. The lowest BCUT2D eigenvalue weighted by Crippen LogP contribution is -2.05. The van der Waals surface area contributed by atoms with Crippen LogP contribution in [0.2, 0.25) is 0 Å². The highest BCUT2D eigenvalue weighted by molar-refractivity contribution is 7.09. The van der Waals surface area contributed by atoms with E-state index in [9.17, 15) is 4.79 Å². The smallest absolute Gasteiger partial charge is 0.363 e. The Morgan fingerprint density at radius 3 is 2.73 bits per heavy atom. The Labute approximate surface area is 131 Å². The summed E-state index contributed by atoms with van der Waals surface area (Å²) >= 11 is 1.52.